The summed E-state index contributed by atoms with van der Waals surface area (Å²) in [4.78, 5) is 4.69. The molecule has 2 heterocycles. The molecule has 21 heavy (non-hydrogen) atoms. The number of rotatable bonds is 4. The Morgan fingerprint density at radius 2 is 2.33 bits per heavy atom. The summed E-state index contributed by atoms with van der Waals surface area (Å²) in [6, 6.07) is 4.57. The van der Waals surface area contributed by atoms with Crippen molar-refractivity contribution in [2.45, 2.75) is 44.6 Å². The van der Waals surface area contributed by atoms with E-state index in [0.717, 1.165) is 12.8 Å². The van der Waals surface area contributed by atoms with Gasteiger partial charge in [0.2, 0.25) is 0 Å². The van der Waals surface area contributed by atoms with Gasteiger partial charge in [0, 0.05) is 42.7 Å². The van der Waals surface area contributed by atoms with Gasteiger partial charge in [0.1, 0.15) is 0 Å². The van der Waals surface area contributed by atoms with Gasteiger partial charge in [-0.1, -0.05) is 13.0 Å². The maximum atomic E-state index is 4.69. The van der Waals surface area contributed by atoms with Crippen molar-refractivity contribution in [3.8, 4) is 0 Å². The van der Waals surface area contributed by atoms with Crippen molar-refractivity contribution in [1.82, 2.24) is 20.1 Å². The number of hydrogen-bond acceptors (Lipinski definition) is 3. The Kier molecular flexibility index (Phi) is 4.06. The highest BCUT2D eigenvalue weighted by atomic mass is 15.3. The summed E-state index contributed by atoms with van der Waals surface area (Å²) in [7, 11) is 4.05. The number of pyridine rings is 1. The lowest BCUT2D eigenvalue weighted by atomic mass is 9.79. The van der Waals surface area contributed by atoms with Crippen LogP contribution < -0.4 is 5.32 Å². The zero-order chi connectivity index (χ0) is 14.8. The van der Waals surface area contributed by atoms with Gasteiger partial charge in [-0.15, -0.1) is 0 Å². The summed E-state index contributed by atoms with van der Waals surface area (Å²) in [5.41, 5.74) is 5.20. The van der Waals surface area contributed by atoms with E-state index < -0.39 is 0 Å². The minimum Gasteiger partial charge on any atom is -0.312 e. The summed E-state index contributed by atoms with van der Waals surface area (Å²) in [5.74, 6) is 0.439. The van der Waals surface area contributed by atoms with Crippen LogP contribution in [0.25, 0.3) is 0 Å². The van der Waals surface area contributed by atoms with Crippen LogP contribution in [-0.2, 0) is 19.9 Å². The monoisotopic (exact) mass is 284 g/mol. The van der Waals surface area contributed by atoms with Gasteiger partial charge >= 0.3 is 0 Å². The first kappa shape index (κ1) is 14.3. The predicted molar refractivity (Wildman–Crippen MR) is 84.3 cm³/mol. The van der Waals surface area contributed by atoms with E-state index in [2.05, 4.69) is 35.7 Å². The van der Waals surface area contributed by atoms with E-state index in [-0.39, 0.29) is 0 Å². The van der Waals surface area contributed by atoms with Gasteiger partial charge in [0.15, 0.2) is 0 Å². The minimum absolute atomic E-state index is 0.294. The maximum absolute atomic E-state index is 4.69. The van der Waals surface area contributed by atoms with Gasteiger partial charge in [-0.05, 0) is 44.4 Å². The summed E-state index contributed by atoms with van der Waals surface area (Å²) in [6.45, 7) is 2.17. The largest absolute Gasteiger partial charge is 0.312 e. The quantitative estimate of drug-likeness (QED) is 0.939. The SMILES string of the molecule is CCc1nn(C)cc1C(NC)C1CCCc2cccnc21. The molecule has 1 N–H and O–H groups in total. The van der Waals surface area contributed by atoms with E-state index >= 15 is 0 Å². The Morgan fingerprint density at radius 3 is 3.10 bits per heavy atom. The van der Waals surface area contributed by atoms with Crippen molar-refractivity contribution in [2.75, 3.05) is 7.05 Å². The molecule has 2 aromatic rings. The van der Waals surface area contributed by atoms with Crippen molar-refractivity contribution in [3.05, 3.63) is 47.0 Å². The second kappa shape index (κ2) is 5.98. The maximum Gasteiger partial charge on any atom is 0.0669 e. The van der Waals surface area contributed by atoms with E-state index in [4.69, 9.17) is 4.98 Å². The molecule has 0 saturated carbocycles. The van der Waals surface area contributed by atoms with Crippen LogP contribution in [0.15, 0.2) is 24.5 Å². The van der Waals surface area contributed by atoms with Crippen LogP contribution in [-0.4, -0.2) is 21.8 Å². The fourth-order valence-electron chi connectivity index (χ4n) is 3.63. The number of aromatic nitrogens is 3. The third-order valence-corrected chi connectivity index (χ3v) is 4.56. The molecule has 1 aliphatic carbocycles. The van der Waals surface area contributed by atoms with Crippen LogP contribution in [0.5, 0.6) is 0 Å². The highest BCUT2D eigenvalue weighted by Crippen LogP contribution is 2.39. The molecule has 3 rings (SSSR count). The zero-order valence-corrected chi connectivity index (χ0v) is 13.1. The molecule has 0 bridgehead atoms. The Bertz CT molecular complexity index is 617. The van der Waals surface area contributed by atoms with Crippen molar-refractivity contribution < 1.29 is 0 Å². The molecule has 1 aliphatic rings. The average molecular weight is 284 g/mol. The number of nitrogens with zero attached hydrogens (tertiary/aromatic N) is 3. The first-order valence-electron chi connectivity index (χ1n) is 7.88. The van der Waals surface area contributed by atoms with Crippen molar-refractivity contribution in [1.29, 1.82) is 0 Å². The summed E-state index contributed by atoms with van der Waals surface area (Å²) >= 11 is 0. The molecular weight excluding hydrogens is 260 g/mol. The third kappa shape index (κ3) is 2.60. The zero-order valence-electron chi connectivity index (χ0n) is 13.1. The molecule has 2 atom stereocenters. The van der Waals surface area contributed by atoms with Gasteiger partial charge in [-0.2, -0.15) is 5.10 Å². The second-order valence-corrected chi connectivity index (χ2v) is 5.87. The summed E-state index contributed by atoms with van der Waals surface area (Å²) in [5, 5.41) is 8.13. The lowest BCUT2D eigenvalue weighted by molar-refractivity contribution is 0.414. The van der Waals surface area contributed by atoms with E-state index in [1.807, 2.05) is 25.0 Å². The summed E-state index contributed by atoms with van der Waals surface area (Å²) < 4.78 is 1.93. The number of fused-ring (bicyclic) bond motifs is 1. The number of likely N-dealkylation sites (N-methyl/N-ethyl adjacent to an activating group) is 1. The fraction of sp³-hybridized carbons (Fsp3) is 0.529. The normalized spacial score (nSPS) is 19.3. The highest BCUT2D eigenvalue weighted by molar-refractivity contribution is 5.32. The second-order valence-electron chi connectivity index (χ2n) is 5.87. The number of nitrogens with one attached hydrogen (secondary N) is 1. The molecule has 4 nitrogen and oxygen atoms in total. The smallest absolute Gasteiger partial charge is 0.0669 e. The van der Waals surface area contributed by atoms with Crippen molar-refractivity contribution >= 4 is 0 Å². The number of aryl methyl sites for hydroxylation is 3. The van der Waals surface area contributed by atoms with Gasteiger partial charge in [-0.25, -0.2) is 0 Å². The highest BCUT2D eigenvalue weighted by Gasteiger charge is 2.31. The predicted octanol–water partition coefficient (Wildman–Crippen LogP) is 2.76. The number of hydrogen-bond donors (Lipinski definition) is 1. The molecule has 0 amide bonds. The van der Waals surface area contributed by atoms with Crippen LogP contribution in [0.2, 0.25) is 0 Å². The Morgan fingerprint density at radius 1 is 1.48 bits per heavy atom. The van der Waals surface area contributed by atoms with Gasteiger partial charge in [-0.3, -0.25) is 9.67 Å². The van der Waals surface area contributed by atoms with E-state index in [9.17, 15) is 0 Å². The topological polar surface area (TPSA) is 42.7 Å². The molecule has 112 valence electrons. The first-order valence-corrected chi connectivity index (χ1v) is 7.88. The van der Waals surface area contributed by atoms with Crippen molar-refractivity contribution in [2.24, 2.45) is 7.05 Å². The van der Waals surface area contributed by atoms with Crippen LogP contribution in [0, 0.1) is 0 Å². The minimum atomic E-state index is 0.294. The molecule has 0 spiro atoms. The van der Waals surface area contributed by atoms with Gasteiger partial charge in [0.25, 0.3) is 0 Å². The van der Waals surface area contributed by atoms with Gasteiger partial charge in [0.05, 0.1) is 5.69 Å². The van der Waals surface area contributed by atoms with Crippen LogP contribution in [0.4, 0.5) is 0 Å². The van der Waals surface area contributed by atoms with Crippen molar-refractivity contribution in [3.63, 3.8) is 0 Å². The molecule has 0 radical (unpaired) electrons. The third-order valence-electron chi connectivity index (χ3n) is 4.56. The Balaban J connectivity index is 2.01. The lowest BCUT2D eigenvalue weighted by Crippen LogP contribution is -2.28. The Hall–Kier alpha value is -1.68. The molecule has 0 aromatic carbocycles. The van der Waals surface area contributed by atoms with Crippen LogP contribution in [0.3, 0.4) is 0 Å². The average Bonchev–Trinajstić information content (AvgIpc) is 2.89. The molecular formula is C17H24N4. The first-order chi connectivity index (χ1) is 10.2. The molecule has 2 unspecified atom stereocenters. The van der Waals surface area contributed by atoms with Crippen LogP contribution in [0.1, 0.15) is 54.2 Å². The Labute approximate surface area is 126 Å². The van der Waals surface area contributed by atoms with Gasteiger partial charge < -0.3 is 5.32 Å². The molecule has 0 aliphatic heterocycles. The summed E-state index contributed by atoms with van der Waals surface area (Å²) in [6.07, 6.45) is 8.64. The molecule has 4 heteroatoms. The van der Waals surface area contributed by atoms with E-state index in [1.54, 1.807) is 0 Å². The van der Waals surface area contributed by atoms with E-state index in [0.29, 0.717) is 12.0 Å². The fourth-order valence-corrected chi connectivity index (χ4v) is 3.63. The van der Waals surface area contributed by atoms with E-state index in [1.165, 1.54) is 35.4 Å². The molecule has 0 fully saturated rings. The molecule has 2 aromatic heterocycles. The van der Waals surface area contributed by atoms with Crippen LogP contribution >= 0.6 is 0 Å². The standard InChI is InChI=1S/C17H24N4/c1-4-15-14(11-21(3)20-15)17(18-2)13-9-5-7-12-8-6-10-19-16(12)13/h6,8,10-11,13,17-18H,4-5,7,9H2,1-3H3. The lowest BCUT2D eigenvalue weighted by Gasteiger charge is -2.31. The molecule has 0 saturated heterocycles.